The van der Waals surface area contributed by atoms with Gasteiger partial charge in [0, 0.05) is 9.26 Å². The molecule has 3 N–H and O–H groups in total. The van der Waals surface area contributed by atoms with E-state index >= 15 is 0 Å². The summed E-state index contributed by atoms with van der Waals surface area (Å²) in [5.74, 6) is -0.306. The third-order valence-corrected chi connectivity index (χ3v) is 6.32. The number of hydrogen-bond donors (Lipinski definition) is 3. The maximum Gasteiger partial charge on any atom is 0.228 e. The number of thiocarbonyl (C=S) groups is 1. The molecule has 0 radical (unpaired) electrons. The van der Waals surface area contributed by atoms with E-state index < -0.39 is 9.96 Å². The van der Waals surface area contributed by atoms with Gasteiger partial charge in [-0.25, -0.2) is 0 Å². The van der Waals surface area contributed by atoms with E-state index in [2.05, 4.69) is 38.5 Å². The summed E-state index contributed by atoms with van der Waals surface area (Å²) in [6.07, 6.45) is -0.896. The molecule has 0 heterocycles. The average molecular weight is 633 g/mol. The Bertz CT molecular complexity index is 1120. The van der Waals surface area contributed by atoms with Gasteiger partial charge in [0.25, 0.3) is 0 Å². The largest absolute Gasteiger partial charge is 0.339 e. The minimum atomic E-state index is -1.82. The molecule has 1 atom stereocenters. The van der Waals surface area contributed by atoms with Crippen molar-refractivity contribution in [2.45, 2.75) is 23.3 Å². The second-order valence-corrected chi connectivity index (χ2v) is 11.4. The summed E-state index contributed by atoms with van der Waals surface area (Å²) in [7, 11) is 0. The van der Waals surface area contributed by atoms with E-state index in [1.807, 2.05) is 79.7 Å². The number of amides is 1. The molecule has 0 spiro atoms. The third-order valence-electron chi connectivity index (χ3n) is 4.77. The molecule has 0 aliphatic carbocycles. The molecule has 1 unspecified atom stereocenters. The number of anilines is 1. The van der Waals surface area contributed by atoms with E-state index in [0.717, 1.165) is 31.5 Å². The monoisotopic (exact) mass is 631 g/mol. The van der Waals surface area contributed by atoms with Crippen LogP contribution in [0, 0.1) is 10.5 Å². The summed E-state index contributed by atoms with van der Waals surface area (Å²) in [5, 5.41) is 8.90. The van der Waals surface area contributed by atoms with Gasteiger partial charge >= 0.3 is 0 Å². The number of alkyl halides is 3. The summed E-state index contributed by atoms with van der Waals surface area (Å²) < 4.78 is -0.711. The van der Waals surface area contributed by atoms with Gasteiger partial charge in [0.15, 0.2) is 5.11 Å². The highest BCUT2D eigenvalue weighted by molar-refractivity contribution is 14.1. The SMILES string of the molecule is Cc1cc(I)ccc1NC(=S)NC(NC(=O)Cc1ccc(-c2ccccc2)cc1)C(Cl)(Cl)Cl. The molecule has 0 bridgehead atoms. The Morgan fingerprint density at radius 2 is 1.61 bits per heavy atom. The number of halogens is 4. The lowest BCUT2D eigenvalue weighted by atomic mass is 10.0. The zero-order valence-corrected chi connectivity index (χ0v) is 22.8. The minimum absolute atomic E-state index is 0.129. The van der Waals surface area contributed by atoms with Gasteiger partial charge in [-0.15, -0.1) is 0 Å². The number of nitrogens with one attached hydrogen (secondary N) is 3. The summed E-state index contributed by atoms with van der Waals surface area (Å²) in [6, 6.07) is 23.7. The molecule has 3 aromatic carbocycles. The van der Waals surface area contributed by atoms with E-state index in [-0.39, 0.29) is 17.4 Å². The van der Waals surface area contributed by atoms with Gasteiger partial charge in [0.1, 0.15) is 6.17 Å². The minimum Gasteiger partial charge on any atom is -0.339 e. The fourth-order valence-corrected chi connectivity index (χ4v) is 4.30. The first-order valence-corrected chi connectivity index (χ1v) is 12.6. The molecule has 9 heteroatoms. The Labute approximate surface area is 227 Å². The maximum atomic E-state index is 12.7. The van der Waals surface area contributed by atoms with E-state index in [4.69, 9.17) is 47.0 Å². The predicted octanol–water partition coefficient (Wildman–Crippen LogP) is 6.61. The van der Waals surface area contributed by atoms with Gasteiger partial charge in [-0.2, -0.15) is 0 Å². The molecule has 33 heavy (non-hydrogen) atoms. The van der Waals surface area contributed by atoms with Crippen LogP contribution in [-0.2, 0) is 11.2 Å². The highest BCUT2D eigenvalue weighted by atomic mass is 127. The van der Waals surface area contributed by atoms with Crippen molar-refractivity contribution in [3.8, 4) is 11.1 Å². The zero-order chi connectivity index (χ0) is 24.0. The Balaban J connectivity index is 1.61. The maximum absolute atomic E-state index is 12.7. The van der Waals surface area contributed by atoms with Crippen LogP contribution in [-0.4, -0.2) is 21.0 Å². The molecular formula is C24H21Cl3IN3OS. The van der Waals surface area contributed by atoms with Crippen LogP contribution in [0.4, 0.5) is 5.69 Å². The van der Waals surface area contributed by atoms with Gasteiger partial charge in [0.2, 0.25) is 9.70 Å². The molecule has 0 saturated carbocycles. The summed E-state index contributed by atoms with van der Waals surface area (Å²) in [4.78, 5) is 12.7. The van der Waals surface area contributed by atoms with Crippen LogP contribution in [0.1, 0.15) is 11.1 Å². The van der Waals surface area contributed by atoms with Crippen LogP contribution < -0.4 is 16.0 Å². The van der Waals surface area contributed by atoms with E-state index in [1.165, 1.54) is 0 Å². The number of hydrogen-bond acceptors (Lipinski definition) is 2. The molecule has 0 fully saturated rings. The number of benzene rings is 3. The van der Waals surface area contributed by atoms with Gasteiger partial charge < -0.3 is 16.0 Å². The average Bonchev–Trinajstić information content (AvgIpc) is 2.76. The van der Waals surface area contributed by atoms with Crippen molar-refractivity contribution in [1.82, 2.24) is 10.6 Å². The second-order valence-electron chi connectivity index (χ2n) is 7.34. The normalized spacial score (nSPS) is 12.0. The van der Waals surface area contributed by atoms with Crippen LogP contribution in [0.3, 0.4) is 0 Å². The van der Waals surface area contributed by atoms with Gasteiger partial charge in [-0.1, -0.05) is 89.4 Å². The lowest BCUT2D eigenvalue weighted by molar-refractivity contribution is -0.121. The predicted molar refractivity (Wildman–Crippen MR) is 151 cm³/mol. The molecular weight excluding hydrogens is 612 g/mol. The lowest BCUT2D eigenvalue weighted by Gasteiger charge is -2.28. The van der Waals surface area contributed by atoms with Crippen LogP contribution in [0.15, 0.2) is 72.8 Å². The van der Waals surface area contributed by atoms with E-state index in [9.17, 15) is 4.79 Å². The summed E-state index contributed by atoms with van der Waals surface area (Å²) in [6.45, 7) is 1.96. The summed E-state index contributed by atoms with van der Waals surface area (Å²) in [5.41, 5.74) is 4.85. The molecule has 3 rings (SSSR count). The van der Waals surface area contributed by atoms with Crippen molar-refractivity contribution in [3.05, 3.63) is 87.5 Å². The number of carbonyl (C=O) groups excluding carboxylic acids is 1. The Morgan fingerprint density at radius 3 is 2.21 bits per heavy atom. The number of carbonyl (C=O) groups is 1. The molecule has 0 aromatic heterocycles. The fourth-order valence-electron chi connectivity index (χ4n) is 3.10. The quantitative estimate of drug-likeness (QED) is 0.124. The van der Waals surface area contributed by atoms with Gasteiger partial charge in [0.05, 0.1) is 6.42 Å². The zero-order valence-electron chi connectivity index (χ0n) is 17.5. The molecule has 0 saturated heterocycles. The molecule has 3 aromatic rings. The first kappa shape index (κ1) is 26.0. The topological polar surface area (TPSA) is 53.2 Å². The molecule has 172 valence electrons. The highest BCUT2D eigenvalue weighted by Crippen LogP contribution is 2.29. The molecule has 1 amide bonds. The van der Waals surface area contributed by atoms with Crippen molar-refractivity contribution < 1.29 is 4.79 Å². The smallest absolute Gasteiger partial charge is 0.228 e. The van der Waals surface area contributed by atoms with Crippen molar-refractivity contribution in [1.29, 1.82) is 0 Å². The van der Waals surface area contributed by atoms with Crippen molar-refractivity contribution in [3.63, 3.8) is 0 Å². The third kappa shape index (κ3) is 8.00. The van der Waals surface area contributed by atoms with E-state index in [0.29, 0.717) is 0 Å². The van der Waals surface area contributed by atoms with Crippen molar-refractivity contribution in [2.24, 2.45) is 0 Å². The Hall–Kier alpha value is -1.58. The number of aryl methyl sites for hydroxylation is 1. The highest BCUT2D eigenvalue weighted by Gasteiger charge is 2.34. The first-order valence-electron chi connectivity index (χ1n) is 9.96. The lowest BCUT2D eigenvalue weighted by Crippen LogP contribution is -2.56. The molecule has 0 aliphatic rings. The standard InChI is InChI=1S/C24H21Cl3IN3OS/c1-15-13-19(28)11-12-20(15)29-23(33)31-22(24(25,26)27)30-21(32)14-16-7-9-18(10-8-16)17-5-3-2-4-6-17/h2-13,22H,14H2,1H3,(H,30,32)(H2,29,31,33). The van der Waals surface area contributed by atoms with Gasteiger partial charge in [-0.05, 0) is 82.2 Å². The number of rotatable bonds is 6. The van der Waals surface area contributed by atoms with Gasteiger partial charge in [-0.3, -0.25) is 4.79 Å². The second kappa shape index (κ2) is 11.7. The fraction of sp³-hybridized carbons (Fsp3) is 0.167. The van der Waals surface area contributed by atoms with E-state index in [1.54, 1.807) is 0 Å². The van der Waals surface area contributed by atoms with Crippen LogP contribution >= 0.6 is 69.6 Å². The summed E-state index contributed by atoms with van der Waals surface area (Å²) >= 11 is 25.9. The molecule has 4 nitrogen and oxygen atoms in total. The van der Waals surface area contributed by atoms with Crippen LogP contribution in [0.5, 0.6) is 0 Å². The van der Waals surface area contributed by atoms with Crippen molar-refractivity contribution in [2.75, 3.05) is 5.32 Å². The Kier molecular flexibility index (Phi) is 9.24. The molecule has 0 aliphatic heterocycles. The van der Waals surface area contributed by atoms with Crippen LogP contribution in [0.2, 0.25) is 0 Å². The van der Waals surface area contributed by atoms with Crippen molar-refractivity contribution >= 4 is 86.3 Å². The van der Waals surface area contributed by atoms with Crippen LogP contribution in [0.25, 0.3) is 11.1 Å². The Morgan fingerprint density at radius 1 is 0.970 bits per heavy atom. The first-order chi connectivity index (χ1) is 15.6.